The number of hydrogen-bond acceptors (Lipinski definition) is 5. The number of anilines is 1. The Morgan fingerprint density at radius 1 is 1.09 bits per heavy atom. The molecule has 0 atom stereocenters. The largest absolute Gasteiger partial charge is 0.480 e. The minimum absolute atomic E-state index is 0.0364. The number of aliphatic carboxylic acids is 1. The number of carboxylic acid groups (broad SMARTS) is 1. The number of aryl methyl sites for hydroxylation is 1. The number of carbonyl (C=O) groups excluding carboxylic acids is 2. The fraction of sp³-hybridized carbons (Fsp3) is 0.280. The zero-order valence-corrected chi connectivity index (χ0v) is 19.0. The van der Waals surface area contributed by atoms with Crippen molar-refractivity contribution in [1.82, 2.24) is 14.7 Å². The van der Waals surface area contributed by atoms with Crippen molar-refractivity contribution in [1.29, 1.82) is 0 Å². The molecule has 0 bridgehead atoms. The maximum atomic E-state index is 12.9. The SMILES string of the molecule is CCCN(CC(=O)O)C(=O)c1nn(C)cc1NC(=O)OCC1c2ccccc2-c2ccccc21. The molecular weight excluding hydrogens is 436 g/mol. The fourth-order valence-corrected chi connectivity index (χ4v) is 4.32. The van der Waals surface area contributed by atoms with Gasteiger partial charge in [-0.2, -0.15) is 5.10 Å². The first-order valence-corrected chi connectivity index (χ1v) is 11.1. The van der Waals surface area contributed by atoms with Crippen LogP contribution in [0.1, 0.15) is 40.9 Å². The van der Waals surface area contributed by atoms with E-state index < -0.39 is 24.5 Å². The van der Waals surface area contributed by atoms with E-state index in [1.807, 2.05) is 43.3 Å². The van der Waals surface area contributed by atoms with E-state index in [1.165, 1.54) is 15.8 Å². The lowest BCUT2D eigenvalue weighted by atomic mass is 9.98. The highest BCUT2D eigenvalue weighted by molar-refractivity contribution is 6.01. The van der Waals surface area contributed by atoms with Crippen LogP contribution in [0.4, 0.5) is 10.5 Å². The summed E-state index contributed by atoms with van der Waals surface area (Å²) in [4.78, 5) is 37.9. The van der Waals surface area contributed by atoms with Gasteiger partial charge >= 0.3 is 12.1 Å². The summed E-state index contributed by atoms with van der Waals surface area (Å²) in [5.74, 6) is -1.79. The number of aromatic nitrogens is 2. The molecule has 9 heteroatoms. The van der Waals surface area contributed by atoms with Gasteiger partial charge in [-0.25, -0.2) is 4.79 Å². The van der Waals surface area contributed by atoms with Crippen molar-refractivity contribution in [3.05, 3.63) is 71.5 Å². The van der Waals surface area contributed by atoms with Crippen molar-refractivity contribution in [3.8, 4) is 11.1 Å². The number of hydrogen-bond donors (Lipinski definition) is 2. The van der Waals surface area contributed by atoms with Crippen LogP contribution < -0.4 is 5.32 Å². The van der Waals surface area contributed by atoms with E-state index in [0.29, 0.717) is 6.42 Å². The molecule has 3 aromatic rings. The summed E-state index contributed by atoms with van der Waals surface area (Å²) >= 11 is 0. The van der Waals surface area contributed by atoms with Gasteiger partial charge in [0.15, 0.2) is 5.69 Å². The summed E-state index contributed by atoms with van der Waals surface area (Å²) in [6, 6.07) is 16.1. The first-order valence-electron chi connectivity index (χ1n) is 11.1. The van der Waals surface area contributed by atoms with E-state index in [-0.39, 0.29) is 30.5 Å². The molecule has 1 aromatic heterocycles. The van der Waals surface area contributed by atoms with Gasteiger partial charge in [0.1, 0.15) is 13.2 Å². The standard InChI is InChI=1S/C25H26N4O5/c1-3-12-29(14-22(30)31)24(32)23-21(13-28(2)27-23)26-25(33)34-15-20-18-10-6-4-8-16(18)17-9-5-7-11-19(17)20/h4-11,13,20H,3,12,14-15H2,1-2H3,(H,26,33)(H,30,31). The molecule has 4 rings (SSSR count). The molecule has 0 saturated heterocycles. The number of fused-ring (bicyclic) bond motifs is 3. The van der Waals surface area contributed by atoms with Crippen LogP contribution >= 0.6 is 0 Å². The van der Waals surface area contributed by atoms with Crippen LogP contribution in [0, 0.1) is 0 Å². The Kier molecular flexibility index (Phi) is 6.62. The maximum Gasteiger partial charge on any atom is 0.411 e. The van der Waals surface area contributed by atoms with Gasteiger partial charge in [0.2, 0.25) is 0 Å². The van der Waals surface area contributed by atoms with Gasteiger partial charge in [0, 0.05) is 25.7 Å². The highest BCUT2D eigenvalue weighted by Gasteiger charge is 2.30. The first kappa shape index (κ1) is 23.0. The molecule has 0 saturated carbocycles. The van der Waals surface area contributed by atoms with Crippen molar-refractivity contribution >= 4 is 23.7 Å². The van der Waals surface area contributed by atoms with Crippen LogP contribution in [-0.2, 0) is 16.6 Å². The van der Waals surface area contributed by atoms with Crippen molar-refractivity contribution in [2.24, 2.45) is 7.05 Å². The molecule has 0 spiro atoms. The molecule has 34 heavy (non-hydrogen) atoms. The number of nitrogens with one attached hydrogen (secondary N) is 1. The smallest absolute Gasteiger partial charge is 0.411 e. The van der Waals surface area contributed by atoms with Crippen LogP contribution in [0.15, 0.2) is 54.7 Å². The lowest BCUT2D eigenvalue weighted by Gasteiger charge is -2.19. The Hall–Kier alpha value is -4.14. The van der Waals surface area contributed by atoms with Crippen molar-refractivity contribution in [2.45, 2.75) is 19.3 Å². The summed E-state index contributed by atoms with van der Waals surface area (Å²) in [5, 5.41) is 15.9. The highest BCUT2D eigenvalue weighted by Crippen LogP contribution is 2.44. The van der Waals surface area contributed by atoms with E-state index in [1.54, 1.807) is 7.05 Å². The van der Waals surface area contributed by atoms with E-state index in [4.69, 9.17) is 9.84 Å². The van der Waals surface area contributed by atoms with Crippen molar-refractivity contribution in [2.75, 3.05) is 25.0 Å². The van der Waals surface area contributed by atoms with Gasteiger partial charge < -0.3 is 14.7 Å². The quantitative estimate of drug-likeness (QED) is 0.527. The molecule has 1 heterocycles. The molecule has 0 unspecified atom stereocenters. The lowest BCUT2D eigenvalue weighted by molar-refractivity contribution is -0.137. The molecule has 2 amide bonds. The molecule has 1 aliphatic carbocycles. The molecule has 0 fully saturated rings. The Balaban J connectivity index is 1.48. The molecule has 9 nitrogen and oxygen atoms in total. The van der Waals surface area contributed by atoms with Crippen LogP contribution in [0.3, 0.4) is 0 Å². The normalized spacial score (nSPS) is 12.1. The second-order valence-electron chi connectivity index (χ2n) is 8.14. The third-order valence-corrected chi connectivity index (χ3v) is 5.72. The number of carbonyl (C=O) groups is 3. The first-order chi connectivity index (χ1) is 16.4. The predicted molar refractivity (Wildman–Crippen MR) is 126 cm³/mol. The molecule has 2 N–H and O–H groups in total. The molecular formula is C25H26N4O5. The number of amides is 2. The number of benzene rings is 2. The lowest BCUT2D eigenvalue weighted by Crippen LogP contribution is -2.37. The third kappa shape index (κ3) is 4.63. The highest BCUT2D eigenvalue weighted by atomic mass is 16.5. The topological polar surface area (TPSA) is 114 Å². The third-order valence-electron chi connectivity index (χ3n) is 5.72. The summed E-state index contributed by atoms with van der Waals surface area (Å²) in [7, 11) is 1.61. The number of ether oxygens (including phenoxy) is 1. The number of carboxylic acids is 1. The van der Waals surface area contributed by atoms with E-state index in [0.717, 1.165) is 22.3 Å². The summed E-state index contributed by atoms with van der Waals surface area (Å²) < 4.78 is 6.94. The number of rotatable bonds is 8. The maximum absolute atomic E-state index is 12.9. The van der Waals surface area contributed by atoms with Crippen LogP contribution in [0.2, 0.25) is 0 Å². The summed E-state index contributed by atoms with van der Waals surface area (Å²) in [6.07, 6.45) is 1.35. The zero-order chi connectivity index (χ0) is 24.2. The van der Waals surface area contributed by atoms with Gasteiger partial charge in [-0.3, -0.25) is 19.6 Å². The molecule has 176 valence electrons. The second-order valence-corrected chi connectivity index (χ2v) is 8.14. The predicted octanol–water partition coefficient (Wildman–Crippen LogP) is 3.72. The molecule has 0 radical (unpaired) electrons. The monoisotopic (exact) mass is 462 g/mol. The van der Waals surface area contributed by atoms with E-state index in [9.17, 15) is 14.4 Å². The van der Waals surface area contributed by atoms with Gasteiger partial charge in [0.05, 0.1) is 5.69 Å². The Labute approximate surface area is 196 Å². The minimum atomic E-state index is -1.12. The van der Waals surface area contributed by atoms with Crippen molar-refractivity contribution in [3.63, 3.8) is 0 Å². The van der Waals surface area contributed by atoms with Gasteiger partial charge in [0.25, 0.3) is 5.91 Å². The molecule has 1 aliphatic rings. The average molecular weight is 463 g/mol. The average Bonchev–Trinajstić information content (AvgIpc) is 3.34. The summed E-state index contributed by atoms with van der Waals surface area (Å²) in [6.45, 7) is 1.78. The van der Waals surface area contributed by atoms with Crippen LogP contribution in [0.25, 0.3) is 11.1 Å². The Morgan fingerprint density at radius 3 is 2.29 bits per heavy atom. The van der Waals surface area contributed by atoms with E-state index >= 15 is 0 Å². The zero-order valence-electron chi connectivity index (χ0n) is 19.0. The Morgan fingerprint density at radius 2 is 1.71 bits per heavy atom. The Bertz CT molecular complexity index is 1190. The molecule has 0 aliphatic heterocycles. The van der Waals surface area contributed by atoms with Crippen LogP contribution in [0.5, 0.6) is 0 Å². The van der Waals surface area contributed by atoms with E-state index in [2.05, 4.69) is 22.5 Å². The molecule has 2 aromatic carbocycles. The van der Waals surface area contributed by atoms with Gasteiger partial charge in [-0.15, -0.1) is 0 Å². The van der Waals surface area contributed by atoms with Crippen molar-refractivity contribution < 1.29 is 24.2 Å². The second kappa shape index (κ2) is 9.78. The van der Waals surface area contributed by atoms with Gasteiger partial charge in [-0.05, 0) is 28.7 Å². The van der Waals surface area contributed by atoms with Crippen LogP contribution in [-0.4, -0.2) is 57.5 Å². The fourth-order valence-electron chi connectivity index (χ4n) is 4.32. The summed E-state index contributed by atoms with van der Waals surface area (Å²) in [5.41, 5.74) is 4.57. The minimum Gasteiger partial charge on any atom is -0.480 e. The number of nitrogens with zero attached hydrogens (tertiary/aromatic N) is 3. The van der Waals surface area contributed by atoms with Gasteiger partial charge in [-0.1, -0.05) is 55.5 Å².